The maximum atomic E-state index is 12.3. The van der Waals surface area contributed by atoms with Gasteiger partial charge in [-0.3, -0.25) is 4.79 Å². The van der Waals surface area contributed by atoms with Crippen molar-refractivity contribution in [2.45, 2.75) is 19.8 Å². The van der Waals surface area contributed by atoms with Gasteiger partial charge in [0.05, 0.1) is 20.8 Å². The molecule has 146 valence electrons. The van der Waals surface area contributed by atoms with Crippen LogP contribution in [0.3, 0.4) is 0 Å². The van der Waals surface area contributed by atoms with Crippen molar-refractivity contribution in [2.24, 2.45) is 4.99 Å². The summed E-state index contributed by atoms with van der Waals surface area (Å²) in [6.07, 6.45) is 3.69. The van der Waals surface area contributed by atoms with Crippen molar-refractivity contribution in [3.63, 3.8) is 0 Å². The minimum absolute atomic E-state index is 0.129. The van der Waals surface area contributed by atoms with Crippen molar-refractivity contribution < 1.29 is 23.7 Å². The molecule has 0 aromatic heterocycles. The second-order valence-electron chi connectivity index (χ2n) is 6.17. The number of aliphatic imine (C=N–C) groups is 1. The number of carbonyl (C=O) groups excluding carboxylic acids is 1. The van der Waals surface area contributed by atoms with Crippen LogP contribution in [-0.2, 0) is 9.53 Å². The molecule has 0 radical (unpaired) electrons. The summed E-state index contributed by atoms with van der Waals surface area (Å²) in [6.45, 7) is 2.80. The number of ether oxygens (including phenoxy) is 4. The summed E-state index contributed by atoms with van der Waals surface area (Å²) in [5, 5.41) is 0. The van der Waals surface area contributed by atoms with Crippen LogP contribution in [0.15, 0.2) is 53.2 Å². The third kappa shape index (κ3) is 4.52. The zero-order valence-corrected chi connectivity index (χ0v) is 16.2. The molecule has 0 spiro atoms. The molecular weight excluding hydrogens is 358 g/mol. The largest absolute Gasteiger partial charge is 0.497 e. The smallest absolute Gasteiger partial charge is 0.316 e. The number of amides is 1. The second kappa shape index (κ2) is 9.08. The lowest BCUT2D eigenvalue weighted by molar-refractivity contribution is -0.115. The van der Waals surface area contributed by atoms with Crippen molar-refractivity contribution in [1.29, 1.82) is 0 Å². The molecule has 3 rings (SSSR count). The summed E-state index contributed by atoms with van der Waals surface area (Å²) in [5.74, 6) is 1.98. The molecule has 1 aliphatic heterocycles. The van der Waals surface area contributed by atoms with E-state index in [-0.39, 0.29) is 11.7 Å². The second-order valence-corrected chi connectivity index (χ2v) is 6.17. The van der Waals surface area contributed by atoms with Crippen molar-refractivity contribution in [1.82, 2.24) is 0 Å². The first-order valence-corrected chi connectivity index (χ1v) is 9.12. The van der Waals surface area contributed by atoms with Gasteiger partial charge in [-0.2, -0.15) is 4.99 Å². The summed E-state index contributed by atoms with van der Waals surface area (Å²) in [6, 6.07) is 12.6. The van der Waals surface area contributed by atoms with Gasteiger partial charge in [0.15, 0.2) is 5.76 Å². The Bertz CT molecular complexity index is 900. The summed E-state index contributed by atoms with van der Waals surface area (Å²) < 4.78 is 21.9. The number of hydrogen-bond acceptors (Lipinski definition) is 5. The van der Waals surface area contributed by atoms with Gasteiger partial charge < -0.3 is 18.9 Å². The van der Waals surface area contributed by atoms with Crippen LogP contribution in [-0.4, -0.2) is 32.6 Å². The van der Waals surface area contributed by atoms with E-state index in [2.05, 4.69) is 11.9 Å². The van der Waals surface area contributed by atoms with Gasteiger partial charge in [-0.05, 0) is 55.0 Å². The standard InChI is InChI=1S/C22H23NO5/c1-4-5-12-27-17-8-6-15(7-9-17)22-23-21(24)20(28-22)14-16-13-18(25-2)10-11-19(16)26-3/h6-11,13-14H,4-5,12H2,1-3H3/b20-14+. The zero-order valence-electron chi connectivity index (χ0n) is 16.2. The molecule has 6 nitrogen and oxygen atoms in total. The molecule has 1 heterocycles. The summed E-state index contributed by atoms with van der Waals surface area (Å²) in [7, 11) is 3.14. The highest BCUT2D eigenvalue weighted by Crippen LogP contribution is 2.28. The van der Waals surface area contributed by atoms with E-state index in [1.807, 2.05) is 24.3 Å². The van der Waals surface area contributed by atoms with Gasteiger partial charge >= 0.3 is 5.91 Å². The minimum atomic E-state index is -0.442. The number of hydrogen-bond donors (Lipinski definition) is 0. The van der Waals surface area contributed by atoms with Gasteiger partial charge in [0, 0.05) is 11.1 Å². The fourth-order valence-electron chi connectivity index (χ4n) is 2.65. The van der Waals surface area contributed by atoms with E-state index in [4.69, 9.17) is 18.9 Å². The average molecular weight is 381 g/mol. The average Bonchev–Trinajstić information content (AvgIpc) is 3.09. The quantitative estimate of drug-likeness (QED) is 0.506. The van der Waals surface area contributed by atoms with Crippen LogP contribution in [0.2, 0.25) is 0 Å². The minimum Gasteiger partial charge on any atom is -0.497 e. The maximum Gasteiger partial charge on any atom is 0.316 e. The van der Waals surface area contributed by atoms with Crippen LogP contribution in [0.25, 0.3) is 6.08 Å². The molecule has 2 aromatic carbocycles. The first-order chi connectivity index (χ1) is 13.6. The lowest BCUT2D eigenvalue weighted by Gasteiger charge is -2.08. The molecule has 1 amide bonds. The Morgan fingerprint density at radius 2 is 1.79 bits per heavy atom. The Hall–Kier alpha value is -3.28. The predicted octanol–water partition coefficient (Wildman–Crippen LogP) is 4.23. The molecule has 0 bridgehead atoms. The van der Waals surface area contributed by atoms with Gasteiger partial charge in [-0.1, -0.05) is 13.3 Å². The zero-order chi connectivity index (χ0) is 19.9. The van der Waals surface area contributed by atoms with Gasteiger partial charge in [0.1, 0.15) is 17.2 Å². The normalized spacial score (nSPS) is 14.6. The monoisotopic (exact) mass is 381 g/mol. The van der Waals surface area contributed by atoms with Crippen molar-refractivity contribution in [3.8, 4) is 17.2 Å². The van der Waals surface area contributed by atoms with E-state index in [0.717, 1.165) is 18.6 Å². The molecule has 0 saturated heterocycles. The molecule has 2 aromatic rings. The summed E-state index contributed by atoms with van der Waals surface area (Å²) in [4.78, 5) is 16.3. The fourth-order valence-corrected chi connectivity index (χ4v) is 2.65. The van der Waals surface area contributed by atoms with E-state index in [1.54, 1.807) is 38.5 Å². The van der Waals surface area contributed by atoms with E-state index < -0.39 is 5.91 Å². The SMILES string of the molecule is CCCCOc1ccc(C2=NC(=O)/C(=C\c3cc(OC)ccc3OC)O2)cc1. The van der Waals surface area contributed by atoms with Gasteiger partial charge in [0.25, 0.3) is 0 Å². The van der Waals surface area contributed by atoms with E-state index >= 15 is 0 Å². The van der Waals surface area contributed by atoms with Crippen LogP contribution < -0.4 is 14.2 Å². The highest BCUT2D eigenvalue weighted by molar-refractivity contribution is 6.14. The van der Waals surface area contributed by atoms with Crippen LogP contribution in [0, 0.1) is 0 Å². The highest BCUT2D eigenvalue weighted by atomic mass is 16.5. The number of methoxy groups -OCH3 is 2. The van der Waals surface area contributed by atoms with Crippen LogP contribution in [0.1, 0.15) is 30.9 Å². The topological polar surface area (TPSA) is 66.4 Å². The number of benzene rings is 2. The number of rotatable bonds is 8. The van der Waals surface area contributed by atoms with E-state index in [0.29, 0.717) is 29.2 Å². The predicted molar refractivity (Wildman–Crippen MR) is 107 cm³/mol. The first-order valence-electron chi connectivity index (χ1n) is 9.12. The Kier molecular flexibility index (Phi) is 6.32. The molecular formula is C22H23NO5. The molecule has 1 aliphatic rings. The molecule has 28 heavy (non-hydrogen) atoms. The molecule has 6 heteroatoms. The Labute approximate surface area is 164 Å². The Morgan fingerprint density at radius 3 is 2.46 bits per heavy atom. The van der Waals surface area contributed by atoms with Crippen LogP contribution in [0.5, 0.6) is 17.2 Å². The Balaban J connectivity index is 1.76. The Morgan fingerprint density at radius 1 is 1.04 bits per heavy atom. The molecule has 0 fully saturated rings. The fraction of sp³-hybridized carbons (Fsp3) is 0.273. The molecule has 0 atom stereocenters. The van der Waals surface area contributed by atoms with Crippen LogP contribution in [0.4, 0.5) is 0 Å². The number of nitrogens with zero attached hydrogens (tertiary/aromatic N) is 1. The molecule has 0 N–H and O–H groups in total. The maximum absolute atomic E-state index is 12.3. The van der Waals surface area contributed by atoms with Gasteiger partial charge in [0.2, 0.25) is 5.90 Å². The molecule has 0 saturated carbocycles. The first kappa shape index (κ1) is 19.5. The summed E-state index contributed by atoms with van der Waals surface area (Å²) in [5.41, 5.74) is 1.37. The molecule has 0 aliphatic carbocycles. The number of carbonyl (C=O) groups is 1. The van der Waals surface area contributed by atoms with E-state index in [9.17, 15) is 4.79 Å². The summed E-state index contributed by atoms with van der Waals surface area (Å²) >= 11 is 0. The van der Waals surface area contributed by atoms with Crippen LogP contribution >= 0.6 is 0 Å². The van der Waals surface area contributed by atoms with E-state index in [1.165, 1.54) is 0 Å². The third-order valence-corrected chi connectivity index (χ3v) is 4.21. The number of unbranched alkanes of at least 4 members (excludes halogenated alkanes) is 1. The van der Waals surface area contributed by atoms with Gasteiger partial charge in [-0.15, -0.1) is 0 Å². The third-order valence-electron chi connectivity index (χ3n) is 4.21. The lowest BCUT2D eigenvalue weighted by Crippen LogP contribution is -2.01. The van der Waals surface area contributed by atoms with Crippen molar-refractivity contribution >= 4 is 17.9 Å². The highest BCUT2D eigenvalue weighted by Gasteiger charge is 2.24. The van der Waals surface area contributed by atoms with Crippen molar-refractivity contribution in [3.05, 3.63) is 59.4 Å². The van der Waals surface area contributed by atoms with Gasteiger partial charge in [-0.25, -0.2) is 0 Å². The molecule has 0 unspecified atom stereocenters. The lowest BCUT2D eigenvalue weighted by atomic mass is 10.1. The van der Waals surface area contributed by atoms with Crippen molar-refractivity contribution in [2.75, 3.05) is 20.8 Å².